The lowest BCUT2D eigenvalue weighted by Crippen LogP contribution is -1.81. The fraction of sp³-hybridized carbons (Fsp3) is 0.100. The third-order valence-corrected chi connectivity index (χ3v) is 4.58. The first kappa shape index (κ1) is 14.1. The van der Waals surface area contributed by atoms with Crippen LogP contribution in [0.15, 0.2) is 35.8 Å². The average molecular weight is 455 g/mol. The molecule has 0 bridgehead atoms. The minimum Gasteiger partial charge on any atom is -0.389 e. The molecule has 0 spiro atoms. The Hall–Kier alpha value is -0.310. The maximum atomic E-state index is 5.72. The van der Waals surface area contributed by atoms with E-state index in [9.17, 15) is 0 Å². The number of nitrogens with zero attached hydrogens (tertiary/aromatic N) is 3. The van der Waals surface area contributed by atoms with E-state index < -0.39 is 0 Å². The first-order valence-electron chi connectivity index (χ1n) is 4.76. The number of nitrogen functional groups attached to an aromatic ring is 1. The molecule has 0 aliphatic heterocycles. The van der Waals surface area contributed by atoms with Crippen LogP contribution in [-0.4, -0.2) is 4.98 Å². The van der Waals surface area contributed by atoms with E-state index in [4.69, 9.17) is 5.73 Å². The topological polar surface area (TPSA) is 63.6 Å². The van der Waals surface area contributed by atoms with Gasteiger partial charge in [-0.1, -0.05) is 27.3 Å². The Kier molecular flexibility index (Phi) is 4.52. The molecule has 0 atom stereocenters. The molecule has 2 rings (SSSR count). The van der Waals surface area contributed by atoms with Crippen LogP contribution < -0.4 is 5.73 Å². The summed E-state index contributed by atoms with van der Waals surface area (Å²) in [6.07, 6.45) is 0. The number of aryl methyl sites for hydroxylation is 1. The van der Waals surface area contributed by atoms with Crippen molar-refractivity contribution in [2.45, 2.75) is 6.92 Å². The molecule has 0 saturated heterocycles. The molecule has 0 radical (unpaired) electrons. The number of thiazole rings is 1. The molecule has 2 N–H and O–H groups in total. The van der Waals surface area contributed by atoms with Crippen molar-refractivity contribution in [2.24, 2.45) is 10.2 Å². The Morgan fingerprint density at radius 3 is 2.28 bits per heavy atom. The van der Waals surface area contributed by atoms with Crippen LogP contribution in [0.2, 0.25) is 0 Å². The van der Waals surface area contributed by atoms with Crippen LogP contribution >= 0.6 is 59.1 Å². The van der Waals surface area contributed by atoms with Gasteiger partial charge in [0.1, 0.15) is 10.7 Å². The molecule has 4 nitrogen and oxygen atoms in total. The lowest BCUT2D eigenvalue weighted by Gasteiger charge is -2.01. The van der Waals surface area contributed by atoms with Gasteiger partial charge in [0.25, 0.3) is 0 Å². The van der Waals surface area contributed by atoms with Crippen LogP contribution in [0.4, 0.5) is 15.8 Å². The fourth-order valence-electron chi connectivity index (χ4n) is 1.16. The molecule has 0 amide bonds. The van der Waals surface area contributed by atoms with Gasteiger partial charge in [-0.15, -0.1) is 10.2 Å². The molecule has 0 fully saturated rings. The van der Waals surface area contributed by atoms with Crippen LogP contribution in [0.1, 0.15) is 5.69 Å². The molecule has 0 aliphatic carbocycles. The van der Waals surface area contributed by atoms with E-state index in [1.807, 2.05) is 19.1 Å². The van der Waals surface area contributed by atoms with Gasteiger partial charge in [0, 0.05) is 13.4 Å². The third-order valence-electron chi connectivity index (χ3n) is 2.04. The molecule has 0 aliphatic rings. The van der Waals surface area contributed by atoms with Gasteiger partial charge in [-0.3, -0.25) is 0 Å². The Balaban J connectivity index is 2.34. The summed E-state index contributed by atoms with van der Waals surface area (Å²) in [5.41, 5.74) is 7.21. The van der Waals surface area contributed by atoms with E-state index in [-0.39, 0.29) is 0 Å². The van der Waals surface area contributed by atoms with Crippen molar-refractivity contribution in [3.05, 3.63) is 31.2 Å². The smallest absolute Gasteiger partial charge is 0.232 e. The molecule has 1 aromatic heterocycles. The summed E-state index contributed by atoms with van der Waals surface area (Å²) >= 11 is 11.6. The summed E-state index contributed by atoms with van der Waals surface area (Å²) in [4.78, 5) is 4.20. The normalized spacial score (nSPS) is 11.3. The molecule has 18 heavy (non-hydrogen) atoms. The highest BCUT2D eigenvalue weighted by atomic mass is 79.9. The maximum absolute atomic E-state index is 5.72. The van der Waals surface area contributed by atoms with Gasteiger partial charge in [-0.2, -0.15) is 0 Å². The molecule has 1 aromatic carbocycles. The van der Waals surface area contributed by atoms with Crippen molar-refractivity contribution in [3.63, 3.8) is 0 Å². The average Bonchev–Trinajstić information content (AvgIpc) is 2.56. The van der Waals surface area contributed by atoms with Crippen molar-refractivity contribution in [3.8, 4) is 0 Å². The minimum atomic E-state index is 0.548. The summed E-state index contributed by atoms with van der Waals surface area (Å²) in [6, 6.07) is 3.81. The zero-order chi connectivity index (χ0) is 13.3. The van der Waals surface area contributed by atoms with Crippen LogP contribution in [0.25, 0.3) is 0 Å². The van der Waals surface area contributed by atoms with Crippen molar-refractivity contribution in [1.29, 1.82) is 0 Å². The highest BCUT2D eigenvalue weighted by molar-refractivity contribution is 9.11. The molecule has 1 heterocycles. The standard InChI is InChI=1S/C10H7Br3N4S/c1-4-9(14)18-10(15-4)17-16-8-6(12)2-5(11)3-7(8)13/h2-3H,14H2,1H3. The molecule has 0 unspecified atom stereocenters. The number of hydrogen-bond donors (Lipinski definition) is 1. The number of hydrogen-bond acceptors (Lipinski definition) is 5. The Bertz CT molecular complexity index is 581. The largest absolute Gasteiger partial charge is 0.389 e. The predicted octanol–water partition coefficient (Wildman–Crippen LogP) is 5.74. The van der Waals surface area contributed by atoms with E-state index in [1.54, 1.807) is 0 Å². The highest BCUT2D eigenvalue weighted by Crippen LogP contribution is 2.38. The van der Waals surface area contributed by atoms with Crippen molar-refractivity contribution < 1.29 is 0 Å². The van der Waals surface area contributed by atoms with Gasteiger partial charge in [0.2, 0.25) is 5.13 Å². The summed E-state index contributed by atoms with van der Waals surface area (Å²) in [7, 11) is 0. The number of halogens is 3. The monoisotopic (exact) mass is 452 g/mol. The zero-order valence-electron chi connectivity index (χ0n) is 9.12. The summed E-state index contributed by atoms with van der Waals surface area (Å²) < 4.78 is 2.64. The second-order valence-corrected chi connectivity index (χ2v) is 7.00. The number of nitrogens with two attached hydrogens (primary N) is 1. The van der Waals surface area contributed by atoms with Crippen LogP contribution in [0.3, 0.4) is 0 Å². The van der Waals surface area contributed by atoms with Gasteiger partial charge in [-0.25, -0.2) is 4.98 Å². The van der Waals surface area contributed by atoms with E-state index in [0.717, 1.165) is 19.1 Å². The Morgan fingerprint density at radius 1 is 1.17 bits per heavy atom. The summed E-state index contributed by atoms with van der Waals surface area (Å²) in [5.74, 6) is 0. The van der Waals surface area contributed by atoms with Crippen LogP contribution in [0.5, 0.6) is 0 Å². The fourth-order valence-corrected chi connectivity index (χ4v) is 4.23. The Morgan fingerprint density at radius 2 is 1.78 bits per heavy atom. The van der Waals surface area contributed by atoms with Crippen LogP contribution in [0, 0.1) is 6.92 Å². The molecule has 94 valence electrons. The van der Waals surface area contributed by atoms with Crippen LogP contribution in [-0.2, 0) is 0 Å². The molecule has 8 heteroatoms. The van der Waals surface area contributed by atoms with Gasteiger partial charge < -0.3 is 5.73 Å². The lowest BCUT2D eigenvalue weighted by molar-refractivity contribution is 1.16. The zero-order valence-corrected chi connectivity index (χ0v) is 14.7. The van der Waals surface area contributed by atoms with E-state index in [1.165, 1.54) is 11.3 Å². The lowest BCUT2D eigenvalue weighted by atomic mass is 10.3. The number of azo groups is 1. The van der Waals surface area contributed by atoms with Gasteiger partial charge in [0.05, 0.1) is 5.69 Å². The van der Waals surface area contributed by atoms with Crippen molar-refractivity contribution >= 4 is 74.9 Å². The number of aromatic nitrogens is 1. The first-order chi connectivity index (χ1) is 8.47. The first-order valence-corrected chi connectivity index (χ1v) is 7.96. The third kappa shape index (κ3) is 3.17. The molecule has 2 aromatic rings. The van der Waals surface area contributed by atoms with Gasteiger partial charge >= 0.3 is 0 Å². The number of rotatable bonds is 2. The van der Waals surface area contributed by atoms with Crippen molar-refractivity contribution in [2.75, 3.05) is 5.73 Å². The highest BCUT2D eigenvalue weighted by Gasteiger charge is 2.07. The van der Waals surface area contributed by atoms with E-state index in [0.29, 0.717) is 15.8 Å². The van der Waals surface area contributed by atoms with Gasteiger partial charge in [0.15, 0.2) is 0 Å². The van der Waals surface area contributed by atoms with Gasteiger partial charge in [-0.05, 0) is 50.9 Å². The SMILES string of the molecule is Cc1nc(N=Nc2c(Br)cc(Br)cc2Br)sc1N. The summed E-state index contributed by atoms with van der Waals surface area (Å²) in [5, 5.41) is 9.47. The second-order valence-electron chi connectivity index (χ2n) is 3.36. The second kappa shape index (κ2) is 5.77. The predicted molar refractivity (Wildman–Crippen MR) is 85.0 cm³/mol. The van der Waals surface area contributed by atoms with E-state index in [2.05, 4.69) is 63.0 Å². The molecular formula is C10H7Br3N4S. The maximum Gasteiger partial charge on any atom is 0.232 e. The summed E-state index contributed by atoms with van der Waals surface area (Å²) in [6.45, 7) is 1.84. The number of anilines is 1. The molecule has 0 saturated carbocycles. The Labute approximate surface area is 133 Å². The number of benzene rings is 1. The van der Waals surface area contributed by atoms with E-state index >= 15 is 0 Å². The van der Waals surface area contributed by atoms with Crippen molar-refractivity contribution in [1.82, 2.24) is 4.98 Å². The molecular weight excluding hydrogens is 448 g/mol. The quantitative estimate of drug-likeness (QED) is 0.588. The minimum absolute atomic E-state index is 0.548.